The molecule has 0 aliphatic carbocycles. The van der Waals surface area contributed by atoms with Gasteiger partial charge in [0, 0.05) is 29.5 Å². The molecule has 18 heavy (non-hydrogen) atoms. The zero-order chi connectivity index (χ0) is 12.7. The fourth-order valence-corrected chi connectivity index (χ4v) is 3.06. The summed E-state index contributed by atoms with van der Waals surface area (Å²) in [6.45, 7) is 7.50. The molecule has 0 radical (unpaired) electrons. The molecule has 3 rings (SSSR count). The van der Waals surface area contributed by atoms with Crippen molar-refractivity contribution in [2.75, 3.05) is 0 Å². The summed E-state index contributed by atoms with van der Waals surface area (Å²) in [6.07, 6.45) is 1.33. The van der Waals surface area contributed by atoms with Crippen LogP contribution in [0.15, 0.2) is 16.8 Å². The van der Waals surface area contributed by atoms with Crippen molar-refractivity contribution in [2.24, 2.45) is 0 Å². The Morgan fingerprint density at radius 3 is 3.00 bits per heavy atom. The molecule has 96 valence electrons. The highest BCUT2D eigenvalue weighted by Crippen LogP contribution is 2.39. The van der Waals surface area contributed by atoms with E-state index in [-0.39, 0.29) is 0 Å². The first kappa shape index (κ1) is 11.8. The summed E-state index contributed by atoms with van der Waals surface area (Å²) in [5, 5.41) is 9.00. The van der Waals surface area contributed by atoms with E-state index in [4.69, 9.17) is 9.84 Å². The molecule has 0 spiro atoms. The van der Waals surface area contributed by atoms with E-state index in [1.54, 1.807) is 11.3 Å². The number of hydrogen-bond donors (Lipinski definition) is 0. The standard InChI is InChI=1S/C14H18N2OS/c1-9(2)12-13(11-5-7-18-8-11)15-16-6-4-10(3)17-14(12)16/h5,7-10H,4,6H2,1-3H3/t10-/m1/s1. The van der Waals surface area contributed by atoms with Crippen LogP contribution in [-0.2, 0) is 6.54 Å². The van der Waals surface area contributed by atoms with Crippen molar-refractivity contribution in [3.63, 3.8) is 0 Å². The molecule has 0 N–H and O–H groups in total. The number of rotatable bonds is 2. The molecule has 1 aliphatic heterocycles. The molecule has 0 amide bonds. The molecule has 4 heteroatoms. The van der Waals surface area contributed by atoms with Gasteiger partial charge in [0.15, 0.2) is 0 Å². The zero-order valence-corrected chi connectivity index (χ0v) is 11.8. The van der Waals surface area contributed by atoms with Crippen LogP contribution in [0.3, 0.4) is 0 Å². The molecule has 0 saturated carbocycles. The lowest BCUT2D eigenvalue weighted by molar-refractivity contribution is 0.147. The fourth-order valence-electron chi connectivity index (χ4n) is 2.42. The van der Waals surface area contributed by atoms with Crippen LogP contribution < -0.4 is 4.74 Å². The normalized spacial score (nSPS) is 18.8. The van der Waals surface area contributed by atoms with Crippen molar-refractivity contribution in [3.8, 4) is 17.1 Å². The molecule has 3 heterocycles. The average Bonchev–Trinajstić information content (AvgIpc) is 2.94. The van der Waals surface area contributed by atoms with E-state index >= 15 is 0 Å². The van der Waals surface area contributed by atoms with E-state index in [1.165, 1.54) is 11.1 Å². The van der Waals surface area contributed by atoms with Gasteiger partial charge in [0.1, 0.15) is 5.69 Å². The Hall–Kier alpha value is -1.29. The summed E-state index contributed by atoms with van der Waals surface area (Å²) >= 11 is 1.71. The van der Waals surface area contributed by atoms with Crippen LogP contribution in [0.25, 0.3) is 11.3 Å². The SMILES string of the molecule is CC(C)c1c(-c2ccsc2)nn2c1O[C@H](C)CC2. The van der Waals surface area contributed by atoms with E-state index in [0.717, 1.165) is 24.5 Å². The number of fused-ring (bicyclic) bond motifs is 1. The number of thiophene rings is 1. The summed E-state index contributed by atoms with van der Waals surface area (Å²) in [6, 6.07) is 2.13. The third kappa shape index (κ3) is 1.85. The topological polar surface area (TPSA) is 27.1 Å². The van der Waals surface area contributed by atoms with E-state index in [0.29, 0.717) is 12.0 Å². The number of nitrogens with zero attached hydrogens (tertiary/aromatic N) is 2. The third-order valence-corrected chi connectivity index (χ3v) is 4.06. The van der Waals surface area contributed by atoms with Crippen LogP contribution >= 0.6 is 11.3 Å². The second kappa shape index (κ2) is 4.43. The minimum atomic E-state index is 0.294. The Kier molecular flexibility index (Phi) is 2.90. The zero-order valence-electron chi connectivity index (χ0n) is 11.0. The van der Waals surface area contributed by atoms with Crippen molar-refractivity contribution in [1.29, 1.82) is 0 Å². The van der Waals surface area contributed by atoms with Crippen LogP contribution in [0.5, 0.6) is 5.88 Å². The second-order valence-electron chi connectivity index (χ2n) is 5.17. The van der Waals surface area contributed by atoms with E-state index in [2.05, 4.69) is 37.6 Å². The first-order chi connectivity index (χ1) is 8.66. The molecule has 1 aliphatic rings. The Balaban J connectivity index is 2.15. The Morgan fingerprint density at radius 1 is 1.50 bits per heavy atom. The highest BCUT2D eigenvalue weighted by Gasteiger charge is 2.27. The summed E-state index contributed by atoms with van der Waals surface area (Å²) in [4.78, 5) is 0. The number of hydrogen-bond acceptors (Lipinski definition) is 3. The maximum atomic E-state index is 6.01. The molecule has 0 bridgehead atoms. The second-order valence-corrected chi connectivity index (χ2v) is 5.95. The highest BCUT2D eigenvalue weighted by molar-refractivity contribution is 7.08. The largest absolute Gasteiger partial charge is 0.475 e. The van der Waals surface area contributed by atoms with Gasteiger partial charge in [-0.2, -0.15) is 16.4 Å². The minimum Gasteiger partial charge on any atom is -0.475 e. The molecular weight excluding hydrogens is 244 g/mol. The lowest BCUT2D eigenvalue weighted by Gasteiger charge is -2.23. The Bertz CT molecular complexity index is 542. The van der Waals surface area contributed by atoms with E-state index in [9.17, 15) is 0 Å². The van der Waals surface area contributed by atoms with Crippen molar-refractivity contribution >= 4 is 11.3 Å². The van der Waals surface area contributed by atoms with Crippen LogP contribution in [-0.4, -0.2) is 15.9 Å². The molecule has 0 fully saturated rings. The van der Waals surface area contributed by atoms with Gasteiger partial charge in [-0.05, 0) is 24.3 Å². The molecular formula is C14H18N2OS. The van der Waals surface area contributed by atoms with Gasteiger partial charge in [-0.1, -0.05) is 13.8 Å². The third-order valence-electron chi connectivity index (χ3n) is 3.37. The van der Waals surface area contributed by atoms with E-state index in [1.807, 2.05) is 4.68 Å². The van der Waals surface area contributed by atoms with Crippen molar-refractivity contribution in [2.45, 2.75) is 45.8 Å². The Morgan fingerprint density at radius 2 is 2.33 bits per heavy atom. The lowest BCUT2D eigenvalue weighted by Crippen LogP contribution is -2.23. The number of aryl methyl sites for hydroxylation is 1. The van der Waals surface area contributed by atoms with Crippen LogP contribution in [0.1, 0.15) is 38.7 Å². The van der Waals surface area contributed by atoms with Crippen LogP contribution in [0, 0.1) is 0 Å². The minimum absolute atomic E-state index is 0.294. The summed E-state index contributed by atoms with van der Waals surface area (Å²) in [5.41, 5.74) is 3.55. The quantitative estimate of drug-likeness (QED) is 0.820. The lowest BCUT2D eigenvalue weighted by atomic mass is 10.0. The molecule has 0 aromatic carbocycles. The van der Waals surface area contributed by atoms with Crippen molar-refractivity contribution in [3.05, 3.63) is 22.4 Å². The monoisotopic (exact) mass is 262 g/mol. The smallest absolute Gasteiger partial charge is 0.216 e. The van der Waals surface area contributed by atoms with Gasteiger partial charge in [-0.3, -0.25) is 0 Å². The number of aromatic nitrogens is 2. The van der Waals surface area contributed by atoms with Gasteiger partial charge in [0.05, 0.1) is 6.10 Å². The first-order valence-corrected chi connectivity index (χ1v) is 7.41. The maximum absolute atomic E-state index is 6.01. The highest BCUT2D eigenvalue weighted by atomic mass is 32.1. The van der Waals surface area contributed by atoms with Crippen molar-refractivity contribution in [1.82, 2.24) is 9.78 Å². The van der Waals surface area contributed by atoms with Crippen LogP contribution in [0.2, 0.25) is 0 Å². The predicted molar refractivity (Wildman–Crippen MR) is 74.3 cm³/mol. The fraction of sp³-hybridized carbons (Fsp3) is 0.500. The molecule has 3 nitrogen and oxygen atoms in total. The average molecular weight is 262 g/mol. The molecule has 1 atom stereocenters. The van der Waals surface area contributed by atoms with Gasteiger partial charge in [0.25, 0.3) is 0 Å². The number of ether oxygens (including phenoxy) is 1. The van der Waals surface area contributed by atoms with Gasteiger partial charge in [-0.15, -0.1) is 0 Å². The molecule has 0 saturated heterocycles. The van der Waals surface area contributed by atoms with Gasteiger partial charge >= 0.3 is 0 Å². The van der Waals surface area contributed by atoms with Gasteiger partial charge in [-0.25, -0.2) is 4.68 Å². The van der Waals surface area contributed by atoms with E-state index < -0.39 is 0 Å². The molecule has 0 unspecified atom stereocenters. The summed E-state index contributed by atoms with van der Waals surface area (Å²) < 4.78 is 8.04. The maximum Gasteiger partial charge on any atom is 0.216 e. The predicted octanol–water partition coefficient (Wildman–Crippen LogP) is 3.91. The van der Waals surface area contributed by atoms with Gasteiger partial charge < -0.3 is 4.74 Å². The summed E-state index contributed by atoms with van der Waals surface area (Å²) in [7, 11) is 0. The molecule has 2 aromatic heterocycles. The molecule has 2 aromatic rings. The summed E-state index contributed by atoms with van der Waals surface area (Å²) in [5.74, 6) is 1.40. The van der Waals surface area contributed by atoms with Gasteiger partial charge in [0.2, 0.25) is 5.88 Å². The Labute approximate surface area is 111 Å². The van der Waals surface area contributed by atoms with Crippen molar-refractivity contribution < 1.29 is 4.74 Å². The van der Waals surface area contributed by atoms with Crippen LogP contribution in [0.4, 0.5) is 0 Å². The first-order valence-electron chi connectivity index (χ1n) is 6.46.